The molecule has 0 aromatic heterocycles. The van der Waals surface area contributed by atoms with E-state index in [1.165, 1.54) is 5.56 Å². The quantitative estimate of drug-likeness (QED) is 0.478. The zero-order valence-corrected chi connectivity index (χ0v) is 7.16. The van der Waals surface area contributed by atoms with Crippen molar-refractivity contribution in [3.05, 3.63) is 48.0 Å². The summed E-state index contributed by atoms with van der Waals surface area (Å²) in [6, 6.07) is 10.3. The third kappa shape index (κ3) is 1.28. The van der Waals surface area contributed by atoms with Crippen molar-refractivity contribution in [2.75, 3.05) is 0 Å². The maximum Gasteiger partial charge on any atom is 0.113 e. The lowest BCUT2D eigenvalue weighted by molar-refractivity contribution is 0.389. The summed E-state index contributed by atoms with van der Waals surface area (Å²) < 4.78 is 5.46. The average molecular weight is 160 g/mol. The van der Waals surface area contributed by atoms with Crippen molar-refractivity contribution >= 4 is 0 Å². The molecule has 0 unspecified atom stereocenters. The van der Waals surface area contributed by atoms with Crippen molar-refractivity contribution in [1.82, 2.24) is 0 Å². The highest BCUT2D eigenvalue weighted by Gasteiger charge is 2.40. The molecule has 0 spiro atoms. The number of epoxide rings is 1. The Morgan fingerprint density at radius 1 is 1.33 bits per heavy atom. The van der Waals surface area contributed by atoms with Gasteiger partial charge in [-0.15, -0.1) is 0 Å². The molecule has 2 rings (SSSR count). The van der Waals surface area contributed by atoms with E-state index in [1.54, 1.807) is 0 Å². The summed E-state index contributed by atoms with van der Waals surface area (Å²) in [6.07, 6.45) is 0.524. The van der Waals surface area contributed by atoms with E-state index in [2.05, 4.69) is 18.7 Å². The fourth-order valence-electron chi connectivity index (χ4n) is 1.38. The van der Waals surface area contributed by atoms with Gasteiger partial charge in [-0.05, 0) is 18.1 Å². The van der Waals surface area contributed by atoms with E-state index in [0.717, 1.165) is 5.57 Å². The Bertz CT molecular complexity index is 289. The number of hydrogen-bond donors (Lipinski definition) is 0. The van der Waals surface area contributed by atoms with Crippen molar-refractivity contribution in [2.24, 2.45) is 0 Å². The molecular formula is C11H12O. The van der Waals surface area contributed by atoms with Crippen LogP contribution in [0, 0.1) is 0 Å². The van der Waals surface area contributed by atoms with Gasteiger partial charge >= 0.3 is 0 Å². The lowest BCUT2D eigenvalue weighted by Crippen LogP contribution is -1.88. The van der Waals surface area contributed by atoms with Crippen molar-refractivity contribution in [1.29, 1.82) is 0 Å². The zero-order valence-electron chi connectivity index (χ0n) is 7.16. The van der Waals surface area contributed by atoms with E-state index in [4.69, 9.17) is 4.74 Å². The van der Waals surface area contributed by atoms with E-state index in [-0.39, 0.29) is 12.2 Å². The monoisotopic (exact) mass is 160 g/mol. The average Bonchev–Trinajstić information content (AvgIpc) is 2.84. The van der Waals surface area contributed by atoms with E-state index in [1.807, 2.05) is 25.1 Å². The third-order valence-electron chi connectivity index (χ3n) is 2.11. The Hall–Kier alpha value is -1.08. The summed E-state index contributed by atoms with van der Waals surface area (Å²) >= 11 is 0. The van der Waals surface area contributed by atoms with E-state index >= 15 is 0 Å². The fourth-order valence-corrected chi connectivity index (χ4v) is 1.38. The lowest BCUT2D eigenvalue weighted by Gasteiger charge is -1.93. The molecular weight excluding hydrogens is 148 g/mol. The summed E-state index contributed by atoms with van der Waals surface area (Å²) in [5, 5.41) is 0. The van der Waals surface area contributed by atoms with Gasteiger partial charge in [-0.1, -0.05) is 36.9 Å². The Balaban J connectivity index is 2.11. The molecule has 1 aliphatic heterocycles. The summed E-state index contributed by atoms with van der Waals surface area (Å²) in [4.78, 5) is 0. The molecule has 0 saturated carbocycles. The van der Waals surface area contributed by atoms with E-state index in [0.29, 0.717) is 0 Å². The van der Waals surface area contributed by atoms with Gasteiger partial charge in [-0.2, -0.15) is 0 Å². The SMILES string of the molecule is C=C(C)[C@H]1O[C@@H]1c1ccccc1. The lowest BCUT2D eigenvalue weighted by atomic mass is 10.1. The minimum absolute atomic E-state index is 0.257. The Labute approximate surface area is 72.7 Å². The highest BCUT2D eigenvalue weighted by Crippen LogP contribution is 2.41. The first-order valence-electron chi connectivity index (χ1n) is 4.15. The van der Waals surface area contributed by atoms with Crippen molar-refractivity contribution in [2.45, 2.75) is 19.1 Å². The highest BCUT2D eigenvalue weighted by molar-refractivity contribution is 5.26. The van der Waals surface area contributed by atoms with Gasteiger partial charge in [0.15, 0.2) is 0 Å². The van der Waals surface area contributed by atoms with Crippen LogP contribution < -0.4 is 0 Å². The van der Waals surface area contributed by atoms with Gasteiger partial charge in [0.2, 0.25) is 0 Å². The van der Waals surface area contributed by atoms with Gasteiger partial charge in [-0.25, -0.2) is 0 Å². The first-order valence-corrected chi connectivity index (χ1v) is 4.15. The topological polar surface area (TPSA) is 12.5 Å². The van der Waals surface area contributed by atoms with E-state index < -0.39 is 0 Å². The molecule has 2 atom stereocenters. The van der Waals surface area contributed by atoms with Crippen LogP contribution in [-0.2, 0) is 4.74 Å². The molecule has 1 aromatic carbocycles. The molecule has 0 radical (unpaired) electrons. The second-order valence-corrected chi connectivity index (χ2v) is 3.23. The van der Waals surface area contributed by atoms with Crippen LogP contribution in [-0.4, -0.2) is 6.10 Å². The van der Waals surface area contributed by atoms with Crippen LogP contribution in [0.5, 0.6) is 0 Å². The summed E-state index contributed by atoms with van der Waals surface area (Å²) in [5.41, 5.74) is 2.37. The van der Waals surface area contributed by atoms with Crippen LogP contribution in [0.4, 0.5) is 0 Å². The summed E-state index contributed by atoms with van der Waals surface area (Å²) in [5.74, 6) is 0. The number of hydrogen-bond acceptors (Lipinski definition) is 1. The van der Waals surface area contributed by atoms with Crippen molar-refractivity contribution in [3.8, 4) is 0 Å². The molecule has 1 heteroatoms. The molecule has 62 valence electrons. The number of rotatable bonds is 2. The molecule has 1 aliphatic rings. The number of ether oxygens (including phenoxy) is 1. The zero-order chi connectivity index (χ0) is 8.55. The molecule has 0 bridgehead atoms. The molecule has 1 saturated heterocycles. The summed E-state index contributed by atoms with van der Waals surface area (Å²) in [6.45, 7) is 5.88. The number of benzene rings is 1. The normalized spacial score (nSPS) is 26.8. The molecule has 0 N–H and O–H groups in total. The Morgan fingerprint density at radius 3 is 2.50 bits per heavy atom. The predicted molar refractivity (Wildman–Crippen MR) is 48.9 cm³/mol. The van der Waals surface area contributed by atoms with Gasteiger partial charge < -0.3 is 4.74 Å². The van der Waals surface area contributed by atoms with Gasteiger partial charge in [0.25, 0.3) is 0 Å². The van der Waals surface area contributed by atoms with Crippen LogP contribution in [0.2, 0.25) is 0 Å². The largest absolute Gasteiger partial charge is 0.360 e. The second kappa shape index (κ2) is 2.76. The standard InChI is InChI=1S/C11H12O/c1-8(2)10-11(12-10)9-6-4-3-5-7-9/h3-7,10-11H,1H2,2H3/t10-,11-/m1/s1. The molecule has 1 nitrogen and oxygen atoms in total. The first kappa shape index (κ1) is 7.56. The Kier molecular flexibility index (Phi) is 1.74. The van der Waals surface area contributed by atoms with Crippen LogP contribution in [0.15, 0.2) is 42.5 Å². The fraction of sp³-hybridized carbons (Fsp3) is 0.273. The molecule has 1 aromatic rings. The van der Waals surface area contributed by atoms with Gasteiger partial charge in [0.1, 0.15) is 12.2 Å². The smallest absolute Gasteiger partial charge is 0.113 e. The minimum atomic E-state index is 0.257. The minimum Gasteiger partial charge on any atom is -0.360 e. The maximum atomic E-state index is 5.46. The first-order chi connectivity index (χ1) is 5.79. The predicted octanol–water partition coefficient (Wildman–Crippen LogP) is 2.70. The van der Waals surface area contributed by atoms with Crippen LogP contribution in [0.25, 0.3) is 0 Å². The highest BCUT2D eigenvalue weighted by atomic mass is 16.6. The van der Waals surface area contributed by atoms with Crippen LogP contribution in [0.1, 0.15) is 18.6 Å². The Morgan fingerprint density at radius 2 is 2.00 bits per heavy atom. The van der Waals surface area contributed by atoms with Crippen molar-refractivity contribution < 1.29 is 4.74 Å². The van der Waals surface area contributed by atoms with Gasteiger partial charge in [0, 0.05) is 0 Å². The van der Waals surface area contributed by atoms with Crippen molar-refractivity contribution in [3.63, 3.8) is 0 Å². The third-order valence-corrected chi connectivity index (χ3v) is 2.11. The maximum absolute atomic E-state index is 5.46. The molecule has 0 aliphatic carbocycles. The van der Waals surface area contributed by atoms with Gasteiger partial charge in [-0.3, -0.25) is 0 Å². The molecule has 0 amide bonds. The van der Waals surface area contributed by atoms with Crippen LogP contribution >= 0.6 is 0 Å². The van der Waals surface area contributed by atoms with Gasteiger partial charge in [0.05, 0.1) is 0 Å². The van der Waals surface area contributed by atoms with Crippen LogP contribution in [0.3, 0.4) is 0 Å². The summed E-state index contributed by atoms with van der Waals surface area (Å²) in [7, 11) is 0. The molecule has 1 fully saturated rings. The molecule has 12 heavy (non-hydrogen) atoms. The van der Waals surface area contributed by atoms with E-state index in [9.17, 15) is 0 Å². The molecule has 1 heterocycles. The second-order valence-electron chi connectivity index (χ2n) is 3.23.